The smallest absolute Gasteiger partial charge is 0.269 e. The summed E-state index contributed by atoms with van der Waals surface area (Å²) in [6.45, 7) is 3.15. The van der Waals surface area contributed by atoms with Gasteiger partial charge in [-0.25, -0.2) is 9.67 Å². The molecule has 5 nitrogen and oxygen atoms in total. The highest BCUT2D eigenvalue weighted by atomic mass is 32.1. The second-order valence-corrected chi connectivity index (χ2v) is 6.35. The molecule has 3 aromatic rings. The minimum atomic E-state index is -0.102. The van der Waals surface area contributed by atoms with Gasteiger partial charge in [-0.1, -0.05) is 30.3 Å². The average molecular weight is 326 g/mol. The van der Waals surface area contributed by atoms with Crippen LogP contribution < -0.4 is 10.5 Å². The first-order valence-corrected chi connectivity index (χ1v) is 8.22. The van der Waals surface area contributed by atoms with Crippen LogP contribution in [-0.2, 0) is 13.1 Å². The third-order valence-electron chi connectivity index (χ3n) is 3.70. The van der Waals surface area contributed by atoms with Crippen molar-refractivity contribution in [1.29, 1.82) is 0 Å². The van der Waals surface area contributed by atoms with Gasteiger partial charge in [-0.2, -0.15) is 5.10 Å². The highest BCUT2D eigenvalue weighted by Gasteiger charge is 2.08. The van der Waals surface area contributed by atoms with E-state index in [1.807, 2.05) is 37.1 Å². The van der Waals surface area contributed by atoms with E-state index < -0.39 is 0 Å². The lowest BCUT2D eigenvalue weighted by Gasteiger charge is -2.19. The van der Waals surface area contributed by atoms with E-state index in [2.05, 4.69) is 22.2 Å². The summed E-state index contributed by atoms with van der Waals surface area (Å²) in [5.41, 5.74) is 4.65. The number of aromatic nitrogens is 3. The Morgan fingerprint density at radius 2 is 2.04 bits per heavy atom. The van der Waals surface area contributed by atoms with Crippen molar-refractivity contribution < 1.29 is 0 Å². The van der Waals surface area contributed by atoms with Crippen LogP contribution in [0.3, 0.4) is 0 Å². The Morgan fingerprint density at radius 1 is 1.26 bits per heavy atom. The van der Waals surface area contributed by atoms with Gasteiger partial charge < -0.3 is 4.90 Å². The standard InChI is InChI=1S/C17H18N4OS/c1-13-16(23-12-18-13)11-21-17(22)8-15(9-19-21)20(2)10-14-6-4-3-5-7-14/h3-9,12H,10-11H2,1-2H3. The molecule has 3 rings (SSSR count). The van der Waals surface area contributed by atoms with Crippen LogP contribution in [0.25, 0.3) is 0 Å². The molecule has 0 aliphatic rings. The number of hydrogen-bond donors (Lipinski definition) is 0. The highest BCUT2D eigenvalue weighted by Crippen LogP contribution is 2.14. The summed E-state index contributed by atoms with van der Waals surface area (Å²) in [7, 11) is 1.96. The van der Waals surface area contributed by atoms with Gasteiger partial charge in [0.2, 0.25) is 0 Å². The Morgan fingerprint density at radius 3 is 2.70 bits per heavy atom. The summed E-state index contributed by atoms with van der Waals surface area (Å²) < 4.78 is 1.47. The zero-order valence-electron chi connectivity index (χ0n) is 13.1. The van der Waals surface area contributed by atoms with Crippen LogP contribution in [0.2, 0.25) is 0 Å². The normalized spacial score (nSPS) is 10.7. The summed E-state index contributed by atoms with van der Waals surface area (Å²) in [6.07, 6.45) is 1.74. The van der Waals surface area contributed by atoms with Gasteiger partial charge in [0.05, 0.1) is 29.6 Å². The molecule has 118 valence electrons. The van der Waals surface area contributed by atoms with Gasteiger partial charge in [0.25, 0.3) is 5.56 Å². The number of aryl methyl sites for hydroxylation is 1. The van der Waals surface area contributed by atoms with Gasteiger partial charge >= 0.3 is 0 Å². The van der Waals surface area contributed by atoms with Crippen LogP contribution in [0, 0.1) is 6.92 Å². The van der Waals surface area contributed by atoms with Crippen molar-refractivity contribution in [2.24, 2.45) is 0 Å². The zero-order valence-corrected chi connectivity index (χ0v) is 14.0. The van der Waals surface area contributed by atoms with Crippen LogP contribution >= 0.6 is 11.3 Å². The number of anilines is 1. The topological polar surface area (TPSA) is 51.0 Å². The first-order chi connectivity index (χ1) is 11.1. The van der Waals surface area contributed by atoms with Crippen LogP contribution in [0.1, 0.15) is 16.1 Å². The largest absolute Gasteiger partial charge is 0.369 e. The molecule has 0 radical (unpaired) electrons. The van der Waals surface area contributed by atoms with Crippen LogP contribution in [0.5, 0.6) is 0 Å². The number of nitrogens with zero attached hydrogens (tertiary/aromatic N) is 4. The fraction of sp³-hybridized carbons (Fsp3) is 0.235. The average Bonchev–Trinajstić information content (AvgIpc) is 2.95. The first kappa shape index (κ1) is 15.4. The molecule has 23 heavy (non-hydrogen) atoms. The molecule has 0 N–H and O–H groups in total. The summed E-state index contributed by atoms with van der Waals surface area (Å²) in [6, 6.07) is 11.8. The Bertz CT molecular complexity index is 841. The quantitative estimate of drug-likeness (QED) is 0.723. The lowest BCUT2D eigenvalue weighted by atomic mass is 10.2. The lowest BCUT2D eigenvalue weighted by molar-refractivity contribution is 0.640. The highest BCUT2D eigenvalue weighted by molar-refractivity contribution is 7.09. The maximum atomic E-state index is 12.3. The molecule has 0 unspecified atom stereocenters. The molecule has 0 spiro atoms. The molecule has 0 aliphatic carbocycles. The maximum absolute atomic E-state index is 12.3. The minimum absolute atomic E-state index is 0.102. The van der Waals surface area contributed by atoms with Gasteiger partial charge in [0, 0.05) is 24.5 Å². The third-order valence-corrected chi connectivity index (χ3v) is 4.62. The molecule has 6 heteroatoms. The second-order valence-electron chi connectivity index (χ2n) is 5.41. The zero-order chi connectivity index (χ0) is 16.2. The summed E-state index contributed by atoms with van der Waals surface area (Å²) in [5, 5.41) is 4.30. The van der Waals surface area contributed by atoms with Crippen LogP contribution in [-0.4, -0.2) is 21.8 Å². The van der Waals surface area contributed by atoms with Gasteiger partial charge in [-0.3, -0.25) is 4.79 Å². The SMILES string of the molecule is Cc1ncsc1Cn1ncc(N(C)Cc2ccccc2)cc1=O. The Kier molecular flexibility index (Phi) is 4.52. The predicted molar refractivity (Wildman–Crippen MR) is 93.0 cm³/mol. The van der Waals surface area contributed by atoms with E-state index in [0.717, 1.165) is 22.8 Å². The molecule has 0 atom stereocenters. The van der Waals surface area contributed by atoms with Crippen molar-refractivity contribution in [3.8, 4) is 0 Å². The fourth-order valence-electron chi connectivity index (χ4n) is 2.31. The molecular formula is C17H18N4OS. The van der Waals surface area contributed by atoms with E-state index in [1.165, 1.54) is 10.2 Å². The second kappa shape index (κ2) is 6.75. The molecule has 0 fully saturated rings. The van der Waals surface area contributed by atoms with Gasteiger partial charge in [0.1, 0.15) is 0 Å². The fourth-order valence-corrected chi connectivity index (χ4v) is 3.07. The van der Waals surface area contributed by atoms with E-state index in [9.17, 15) is 4.79 Å². The Balaban J connectivity index is 1.76. The molecule has 2 aromatic heterocycles. The molecule has 0 amide bonds. The summed E-state index contributed by atoms with van der Waals surface area (Å²) >= 11 is 1.54. The van der Waals surface area contributed by atoms with E-state index >= 15 is 0 Å². The van der Waals surface area contributed by atoms with Gasteiger partial charge in [-0.15, -0.1) is 11.3 Å². The first-order valence-electron chi connectivity index (χ1n) is 7.34. The van der Waals surface area contributed by atoms with Crippen molar-refractivity contribution in [2.45, 2.75) is 20.0 Å². The summed E-state index contributed by atoms with van der Waals surface area (Å²) in [5.74, 6) is 0. The van der Waals surface area contributed by atoms with Gasteiger partial charge in [0.15, 0.2) is 0 Å². The molecule has 0 saturated heterocycles. The Hall–Kier alpha value is -2.47. The van der Waals surface area contributed by atoms with Crippen molar-refractivity contribution in [1.82, 2.24) is 14.8 Å². The molecule has 0 saturated carbocycles. The van der Waals surface area contributed by atoms with Crippen molar-refractivity contribution >= 4 is 17.0 Å². The van der Waals surface area contributed by atoms with Crippen LogP contribution in [0.15, 0.2) is 52.9 Å². The van der Waals surface area contributed by atoms with E-state index in [-0.39, 0.29) is 5.56 Å². The minimum Gasteiger partial charge on any atom is -0.369 e. The van der Waals surface area contributed by atoms with Crippen molar-refractivity contribution in [2.75, 3.05) is 11.9 Å². The van der Waals surface area contributed by atoms with Gasteiger partial charge in [-0.05, 0) is 12.5 Å². The summed E-state index contributed by atoms with van der Waals surface area (Å²) in [4.78, 5) is 19.6. The molecular weight excluding hydrogens is 308 g/mol. The predicted octanol–water partition coefficient (Wildman–Crippen LogP) is 2.69. The van der Waals surface area contributed by atoms with Crippen LogP contribution in [0.4, 0.5) is 5.69 Å². The Labute approximate surface area is 138 Å². The number of thiazole rings is 1. The molecule has 0 bridgehead atoms. The third kappa shape index (κ3) is 3.65. The lowest BCUT2D eigenvalue weighted by Crippen LogP contribution is -2.25. The van der Waals surface area contributed by atoms with E-state index in [1.54, 1.807) is 29.1 Å². The molecule has 0 aliphatic heterocycles. The number of hydrogen-bond acceptors (Lipinski definition) is 5. The van der Waals surface area contributed by atoms with Crippen molar-refractivity contribution in [3.05, 3.63) is 74.6 Å². The van der Waals surface area contributed by atoms with E-state index in [0.29, 0.717) is 6.54 Å². The molecule has 2 heterocycles. The maximum Gasteiger partial charge on any atom is 0.269 e. The monoisotopic (exact) mass is 326 g/mol. The van der Waals surface area contributed by atoms with Crippen molar-refractivity contribution in [3.63, 3.8) is 0 Å². The van der Waals surface area contributed by atoms with E-state index in [4.69, 9.17) is 0 Å². The number of rotatable bonds is 5. The molecule has 1 aromatic carbocycles. The number of benzene rings is 1.